The molecule has 1 aromatic carbocycles. The third kappa shape index (κ3) is 3.52. The Morgan fingerprint density at radius 1 is 1.25 bits per heavy atom. The minimum Gasteiger partial charge on any atom is -0.361 e. The average Bonchev–Trinajstić information content (AvgIpc) is 2.35. The van der Waals surface area contributed by atoms with Gasteiger partial charge in [0.05, 0.1) is 5.52 Å². The molecule has 0 aliphatic heterocycles. The molecule has 2 aromatic rings. The molecule has 2 N–H and O–H groups in total. The normalized spacial score (nSPS) is 11.8. The van der Waals surface area contributed by atoms with E-state index in [0.717, 1.165) is 0 Å². The van der Waals surface area contributed by atoms with E-state index < -0.39 is 12.7 Å². The summed E-state index contributed by atoms with van der Waals surface area (Å²) in [7, 11) is 0. The van der Waals surface area contributed by atoms with Crippen LogP contribution < -0.4 is 10.6 Å². The minimum atomic E-state index is -4.29. The van der Waals surface area contributed by atoms with Gasteiger partial charge >= 0.3 is 6.18 Å². The second-order valence-electron chi connectivity index (χ2n) is 4.32. The highest BCUT2D eigenvalue weighted by Crippen LogP contribution is 2.29. The molecule has 0 saturated carbocycles. The average molecular weight is 304 g/mol. The maximum absolute atomic E-state index is 12.7. The van der Waals surface area contributed by atoms with E-state index >= 15 is 0 Å². The smallest absolute Gasteiger partial charge is 0.361 e. The fourth-order valence-corrected chi connectivity index (χ4v) is 2.21. The van der Waals surface area contributed by atoms with Crippen LogP contribution in [0.15, 0.2) is 30.5 Å². The zero-order valence-electron chi connectivity index (χ0n) is 10.5. The van der Waals surface area contributed by atoms with Crippen LogP contribution in [0.4, 0.5) is 18.9 Å². The Kier molecular flexibility index (Phi) is 4.35. The molecule has 1 aromatic heterocycles. The molecule has 0 amide bonds. The van der Waals surface area contributed by atoms with Crippen molar-refractivity contribution in [2.24, 2.45) is 5.73 Å². The monoisotopic (exact) mass is 303 g/mol. The number of halogens is 4. The molecule has 0 aliphatic carbocycles. The highest BCUT2D eigenvalue weighted by Gasteiger charge is 2.31. The molecule has 0 spiro atoms. The van der Waals surface area contributed by atoms with Gasteiger partial charge in [0, 0.05) is 35.4 Å². The van der Waals surface area contributed by atoms with Crippen LogP contribution in [0, 0.1) is 0 Å². The predicted molar refractivity (Wildman–Crippen MR) is 74.1 cm³/mol. The summed E-state index contributed by atoms with van der Waals surface area (Å²) in [6, 6.07) is 6.47. The van der Waals surface area contributed by atoms with E-state index in [4.69, 9.17) is 17.3 Å². The first-order valence-electron chi connectivity index (χ1n) is 5.97. The van der Waals surface area contributed by atoms with Crippen molar-refractivity contribution in [3.05, 3.63) is 35.5 Å². The predicted octanol–water partition coefficient (Wildman–Crippen LogP) is 3.22. The number of hydrogen-bond acceptors (Lipinski definition) is 3. The van der Waals surface area contributed by atoms with Crippen molar-refractivity contribution in [2.45, 2.75) is 6.18 Å². The van der Waals surface area contributed by atoms with Crippen LogP contribution >= 0.6 is 11.6 Å². The van der Waals surface area contributed by atoms with E-state index in [1.807, 2.05) is 0 Å². The van der Waals surface area contributed by atoms with Crippen molar-refractivity contribution in [3.8, 4) is 0 Å². The largest absolute Gasteiger partial charge is 0.405 e. The molecule has 0 saturated heterocycles. The molecule has 20 heavy (non-hydrogen) atoms. The second-order valence-corrected chi connectivity index (χ2v) is 4.75. The molecule has 0 atom stereocenters. The molecule has 1 heterocycles. The van der Waals surface area contributed by atoms with E-state index in [2.05, 4.69) is 4.98 Å². The molecular formula is C13H13ClF3N3. The molecule has 0 bridgehead atoms. The first kappa shape index (κ1) is 14.9. The second kappa shape index (κ2) is 5.85. The number of alkyl halides is 3. The molecule has 0 fully saturated rings. The number of hydrogen-bond donors (Lipinski definition) is 1. The number of benzene rings is 1. The summed E-state index contributed by atoms with van der Waals surface area (Å²) in [5, 5.41) is 1.11. The fourth-order valence-electron chi connectivity index (χ4n) is 2.04. The van der Waals surface area contributed by atoms with Crippen molar-refractivity contribution in [1.29, 1.82) is 0 Å². The van der Waals surface area contributed by atoms with Crippen LogP contribution in [0.5, 0.6) is 0 Å². The van der Waals surface area contributed by atoms with Gasteiger partial charge in [-0.2, -0.15) is 13.2 Å². The minimum absolute atomic E-state index is 0.112. The van der Waals surface area contributed by atoms with E-state index in [9.17, 15) is 13.2 Å². The van der Waals surface area contributed by atoms with E-state index in [0.29, 0.717) is 21.6 Å². The van der Waals surface area contributed by atoms with Crippen LogP contribution in [-0.2, 0) is 0 Å². The van der Waals surface area contributed by atoms with Gasteiger partial charge in [-0.3, -0.25) is 4.98 Å². The Morgan fingerprint density at radius 3 is 2.65 bits per heavy atom. The van der Waals surface area contributed by atoms with Crippen molar-refractivity contribution in [2.75, 3.05) is 24.5 Å². The molecule has 7 heteroatoms. The molecule has 3 nitrogen and oxygen atoms in total. The number of nitrogens with zero attached hydrogens (tertiary/aromatic N) is 2. The van der Waals surface area contributed by atoms with Crippen molar-refractivity contribution < 1.29 is 13.2 Å². The third-order valence-electron chi connectivity index (χ3n) is 2.79. The Hall–Kier alpha value is -1.53. The van der Waals surface area contributed by atoms with Crippen LogP contribution in [-0.4, -0.2) is 30.8 Å². The van der Waals surface area contributed by atoms with E-state index in [1.54, 1.807) is 24.3 Å². The van der Waals surface area contributed by atoms with Crippen LogP contribution in [0.3, 0.4) is 0 Å². The summed E-state index contributed by atoms with van der Waals surface area (Å²) >= 11 is 5.86. The van der Waals surface area contributed by atoms with Gasteiger partial charge < -0.3 is 10.6 Å². The topological polar surface area (TPSA) is 42.1 Å². The summed E-state index contributed by atoms with van der Waals surface area (Å²) in [5.41, 5.74) is 6.42. The summed E-state index contributed by atoms with van der Waals surface area (Å²) in [4.78, 5) is 5.32. The SMILES string of the molecule is NCCN(CC(F)(F)F)c1ccnc2cc(Cl)ccc12. The number of fused-ring (bicyclic) bond motifs is 1. The lowest BCUT2D eigenvalue weighted by molar-refractivity contribution is -0.119. The molecule has 2 rings (SSSR count). The van der Waals surface area contributed by atoms with Gasteiger partial charge in [-0.15, -0.1) is 0 Å². The Bertz CT molecular complexity index is 601. The molecular weight excluding hydrogens is 291 g/mol. The van der Waals surface area contributed by atoms with Crippen molar-refractivity contribution in [3.63, 3.8) is 0 Å². The van der Waals surface area contributed by atoms with Gasteiger partial charge in [0.1, 0.15) is 6.54 Å². The maximum Gasteiger partial charge on any atom is 0.405 e. The van der Waals surface area contributed by atoms with Crippen molar-refractivity contribution in [1.82, 2.24) is 4.98 Å². The quantitative estimate of drug-likeness (QED) is 0.943. The summed E-state index contributed by atoms with van der Waals surface area (Å²) in [6.07, 6.45) is -2.83. The number of nitrogens with two attached hydrogens (primary N) is 1. The van der Waals surface area contributed by atoms with Gasteiger partial charge in [-0.25, -0.2) is 0 Å². The molecule has 0 radical (unpaired) electrons. The van der Waals surface area contributed by atoms with Crippen LogP contribution in [0.2, 0.25) is 5.02 Å². The van der Waals surface area contributed by atoms with Gasteiger partial charge in [0.2, 0.25) is 0 Å². The summed E-state index contributed by atoms with van der Waals surface area (Å²) in [5.74, 6) is 0. The number of anilines is 1. The Morgan fingerprint density at radius 2 is 2.00 bits per heavy atom. The number of aromatic nitrogens is 1. The van der Waals surface area contributed by atoms with E-state index in [-0.39, 0.29) is 13.1 Å². The first-order valence-corrected chi connectivity index (χ1v) is 6.34. The number of rotatable bonds is 4. The Labute approximate surface area is 119 Å². The zero-order valence-corrected chi connectivity index (χ0v) is 11.2. The van der Waals surface area contributed by atoms with Crippen LogP contribution in [0.25, 0.3) is 10.9 Å². The highest BCUT2D eigenvalue weighted by atomic mass is 35.5. The maximum atomic E-state index is 12.7. The third-order valence-corrected chi connectivity index (χ3v) is 3.03. The standard InChI is InChI=1S/C13H13ClF3N3/c14-9-1-2-10-11(7-9)19-5-3-12(10)20(6-4-18)8-13(15,16)17/h1-3,5,7H,4,6,8,18H2. The molecule has 108 valence electrons. The van der Waals surface area contributed by atoms with Gasteiger partial charge in [0.25, 0.3) is 0 Å². The Balaban J connectivity index is 2.47. The van der Waals surface area contributed by atoms with Crippen LogP contribution in [0.1, 0.15) is 0 Å². The summed E-state index contributed by atoms with van der Waals surface area (Å²) in [6.45, 7) is -0.805. The lowest BCUT2D eigenvalue weighted by atomic mass is 10.1. The van der Waals surface area contributed by atoms with Crippen molar-refractivity contribution >= 4 is 28.2 Å². The van der Waals surface area contributed by atoms with Gasteiger partial charge in [-0.1, -0.05) is 11.6 Å². The first-order chi connectivity index (χ1) is 9.40. The molecule has 0 aliphatic rings. The van der Waals surface area contributed by atoms with Gasteiger partial charge in [0.15, 0.2) is 0 Å². The van der Waals surface area contributed by atoms with Gasteiger partial charge in [-0.05, 0) is 24.3 Å². The summed E-state index contributed by atoms with van der Waals surface area (Å²) < 4.78 is 38.0. The highest BCUT2D eigenvalue weighted by molar-refractivity contribution is 6.31. The lowest BCUT2D eigenvalue weighted by Crippen LogP contribution is -2.37. The lowest BCUT2D eigenvalue weighted by Gasteiger charge is -2.26. The zero-order chi connectivity index (χ0) is 14.8. The van der Waals surface area contributed by atoms with E-state index in [1.165, 1.54) is 11.1 Å². The number of pyridine rings is 1. The fraction of sp³-hybridized carbons (Fsp3) is 0.308. The molecule has 0 unspecified atom stereocenters.